The quantitative estimate of drug-likeness (QED) is 0.594. The minimum Gasteiger partial charge on any atom is -0.359 e. The molecule has 0 N–H and O–H groups in total. The molecule has 1 atom stereocenters. The molecule has 0 spiro atoms. The van der Waals surface area contributed by atoms with Gasteiger partial charge in [0.1, 0.15) is 0 Å². The molecule has 0 aliphatic carbocycles. The minimum atomic E-state index is 0.557. The lowest BCUT2D eigenvalue weighted by atomic mass is 10.2. The summed E-state index contributed by atoms with van der Waals surface area (Å²) in [7, 11) is 2.13. The third kappa shape index (κ3) is 2.16. The average Bonchev–Trinajstić information content (AvgIpc) is 2.36. The van der Waals surface area contributed by atoms with E-state index in [9.17, 15) is 0 Å². The summed E-state index contributed by atoms with van der Waals surface area (Å²) in [5.41, 5.74) is 0. The van der Waals surface area contributed by atoms with Crippen molar-refractivity contribution in [2.45, 2.75) is 39.3 Å². The van der Waals surface area contributed by atoms with Crippen LogP contribution in [0.2, 0.25) is 0 Å². The molecular formula is C10H20N2. The van der Waals surface area contributed by atoms with E-state index in [1.54, 1.807) is 0 Å². The van der Waals surface area contributed by atoms with Crippen molar-refractivity contribution < 1.29 is 0 Å². The van der Waals surface area contributed by atoms with E-state index in [-0.39, 0.29) is 0 Å². The minimum absolute atomic E-state index is 0.557. The smallest absolute Gasteiger partial charge is 0.0974 e. The van der Waals surface area contributed by atoms with Gasteiger partial charge in [-0.15, -0.1) is 0 Å². The Balaban J connectivity index is 2.21. The predicted octanol–water partition coefficient (Wildman–Crippen LogP) is 2.24. The molecule has 1 rings (SSSR count). The number of hydrogen-bond donors (Lipinski definition) is 0. The summed E-state index contributed by atoms with van der Waals surface area (Å²) < 4.78 is 0. The Morgan fingerprint density at radius 2 is 2.00 bits per heavy atom. The molecule has 0 aromatic rings. The standard InChI is InChI=1S/C10H20N2/c1-4-5-6-7-12-9-8-11(3)10(12)2/h8-10H,4-7H2,1-3H3. The molecule has 0 saturated carbocycles. The SMILES string of the molecule is CCCCCN1C=CN(C)C1C. The van der Waals surface area contributed by atoms with Crippen molar-refractivity contribution in [2.24, 2.45) is 0 Å². The van der Waals surface area contributed by atoms with Crippen LogP contribution in [0.25, 0.3) is 0 Å². The van der Waals surface area contributed by atoms with Crippen molar-refractivity contribution in [3.05, 3.63) is 12.4 Å². The van der Waals surface area contributed by atoms with Crippen molar-refractivity contribution in [1.29, 1.82) is 0 Å². The van der Waals surface area contributed by atoms with Gasteiger partial charge in [0.15, 0.2) is 0 Å². The zero-order chi connectivity index (χ0) is 8.97. The summed E-state index contributed by atoms with van der Waals surface area (Å²) in [6, 6.07) is 0. The average molecular weight is 168 g/mol. The molecule has 2 nitrogen and oxygen atoms in total. The fourth-order valence-corrected chi connectivity index (χ4v) is 1.48. The molecule has 0 aromatic heterocycles. The van der Waals surface area contributed by atoms with Gasteiger partial charge in [0.05, 0.1) is 6.17 Å². The highest BCUT2D eigenvalue weighted by Crippen LogP contribution is 2.13. The molecule has 0 radical (unpaired) electrons. The van der Waals surface area contributed by atoms with Gasteiger partial charge < -0.3 is 9.80 Å². The van der Waals surface area contributed by atoms with E-state index in [2.05, 4.69) is 43.1 Å². The van der Waals surface area contributed by atoms with E-state index >= 15 is 0 Å². The second-order valence-corrected chi connectivity index (χ2v) is 3.54. The number of nitrogens with zero attached hydrogens (tertiary/aromatic N) is 2. The van der Waals surface area contributed by atoms with Crippen molar-refractivity contribution in [3.63, 3.8) is 0 Å². The van der Waals surface area contributed by atoms with E-state index < -0.39 is 0 Å². The molecule has 0 fully saturated rings. The van der Waals surface area contributed by atoms with Crippen LogP contribution in [0.3, 0.4) is 0 Å². The first-order valence-corrected chi connectivity index (χ1v) is 4.91. The highest BCUT2D eigenvalue weighted by molar-refractivity contribution is 4.93. The first-order valence-electron chi connectivity index (χ1n) is 4.91. The first kappa shape index (κ1) is 9.43. The van der Waals surface area contributed by atoms with Crippen molar-refractivity contribution in [1.82, 2.24) is 9.80 Å². The first-order chi connectivity index (χ1) is 5.75. The molecular weight excluding hydrogens is 148 g/mol. The number of hydrogen-bond acceptors (Lipinski definition) is 2. The molecule has 2 heteroatoms. The van der Waals surface area contributed by atoms with Crippen LogP contribution in [0.15, 0.2) is 12.4 Å². The maximum Gasteiger partial charge on any atom is 0.0974 e. The van der Waals surface area contributed by atoms with Crippen molar-refractivity contribution in [2.75, 3.05) is 13.6 Å². The normalized spacial score (nSPS) is 22.4. The van der Waals surface area contributed by atoms with E-state index in [1.165, 1.54) is 25.8 Å². The molecule has 0 aromatic carbocycles. The molecule has 0 amide bonds. The van der Waals surface area contributed by atoms with Gasteiger partial charge in [-0.25, -0.2) is 0 Å². The Morgan fingerprint density at radius 3 is 2.50 bits per heavy atom. The molecule has 12 heavy (non-hydrogen) atoms. The van der Waals surface area contributed by atoms with Crippen LogP contribution < -0.4 is 0 Å². The van der Waals surface area contributed by atoms with Crippen LogP contribution in [0, 0.1) is 0 Å². The highest BCUT2D eigenvalue weighted by Gasteiger charge is 2.16. The zero-order valence-electron chi connectivity index (χ0n) is 8.45. The molecule has 0 bridgehead atoms. The van der Waals surface area contributed by atoms with Gasteiger partial charge in [0, 0.05) is 26.0 Å². The van der Waals surface area contributed by atoms with Gasteiger partial charge in [0.25, 0.3) is 0 Å². The van der Waals surface area contributed by atoms with Gasteiger partial charge in [0.2, 0.25) is 0 Å². The molecule has 1 heterocycles. The van der Waals surface area contributed by atoms with Crippen LogP contribution in [-0.2, 0) is 0 Å². The van der Waals surface area contributed by atoms with Gasteiger partial charge in [-0.1, -0.05) is 19.8 Å². The summed E-state index contributed by atoms with van der Waals surface area (Å²) in [4.78, 5) is 4.64. The Bertz CT molecular complexity index is 154. The second-order valence-electron chi connectivity index (χ2n) is 3.54. The maximum absolute atomic E-state index is 2.40. The summed E-state index contributed by atoms with van der Waals surface area (Å²) >= 11 is 0. The van der Waals surface area contributed by atoms with Crippen molar-refractivity contribution in [3.8, 4) is 0 Å². The predicted molar refractivity (Wildman–Crippen MR) is 52.6 cm³/mol. The van der Waals surface area contributed by atoms with Crippen molar-refractivity contribution >= 4 is 0 Å². The molecule has 0 saturated heterocycles. The maximum atomic E-state index is 2.40. The fraction of sp³-hybridized carbons (Fsp3) is 0.800. The Hall–Kier alpha value is -0.660. The number of rotatable bonds is 4. The number of unbranched alkanes of at least 4 members (excludes halogenated alkanes) is 2. The lowest BCUT2D eigenvalue weighted by Crippen LogP contribution is -2.34. The molecule has 1 aliphatic heterocycles. The topological polar surface area (TPSA) is 6.48 Å². The zero-order valence-corrected chi connectivity index (χ0v) is 8.45. The fourth-order valence-electron chi connectivity index (χ4n) is 1.48. The molecule has 1 unspecified atom stereocenters. The summed E-state index contributed by atoms with van der Waals surface area (Å²) in [5, 5.41) is 0. The monoisotopic (exact) mass is 168 g/mol. The lowest BCUT2D eigenvalue weighted by molar-refractivity contribution is 0.192. The highest BCUT2D eigenvalue weighted by atomic mass is 15.4. The van der Waals surface area contributed by atoms with E-state index in [1.807, 2.05) is 0 Å². The molecule has 1 aliphatic rings. The third-order valence-electron chi connectivity index (χ3n) is 2.58. The van der Waals surface area contributed by atoms with Crippen LogP contribution in [0.1, 0.15) is 33.1 Å². The Morgan fingerprint density at radius 1 is 1.25 bits per heavy atom. The van der Waals surface area contributed by atoms with Gasteiger partial charge in [-0.05, 0) is 13.3 Å². The summed E-state index contributed by atoms with van der Waals surface area (Å²) in [5.74, 6) is 0. The van der Waals surface area contributed by atoms with E-state index in [0.29, 0.717) is 6.17 Å². The van der Waals surface area contributed by atoms with Crippen LogP contribution >= 0.6 is 0 Å². The van der Waals surface area contributed by atoms with Gasteiger partial charge in [-0.2, -0.15) is 0 Å². The van der Waals surface area contributed by atoms with E-state index in [4.69, 9.17) is 0 Å². The van der Waals surface area contributed by atoms with Crippen LogP contribution in [0.4, 0.5) is 0 Å². The van der Waals surface area contributed by atoms with E-state index in [0.717, 1.165) is 0 Å². The van der Waals surface area contributed by atoms with Gasteiger partial charge in [-0.3, -0.25) is 0 Å². The van der Waals surface area contributed by atoms with Crippen LogP contribution in [0.5, 0.6) is 0 Å². The molecule has 70 valence electrons. The largest absolute Gasteiger partial charge is 0.359 e. The summed E-state index contributed by atoms with van der Waals surface area (Å²) in [6.45, 7) is 5.69. The Labute approximate surface area is 75.8 Å². The second kappa shape index (κ2) is 4.39. The van der Waals surface area contributed by atoms with Crippen LogP contribution in [-0.4, -0.2) is 29.6 Å². The third-order valence-corrected chi connectivity index (χ3v) is 2.58. The van der Waals surface area contributed by atoms with Gasteiger partial charge >= 0.3 is 0 Å². The lowest BCUT2D eigenvalue weighted by Gasteiger charge is -2.26. The Kier molecular flexibility index (Phi) is 3.45. The summed E-state index contributed by atoms with van der Waals surface area (Å²) in [6.07, 6.45) is 8.88.